The average Bonchev–Trinajstić information content (AvgIpc) is 3.05. The zero-order chi connectivity index (χ0) is 17.8. The van der Waals surface area contributed by atoms with Crippen LogP contribution in [-0.2, 0) is 17.0 Å². The van der Waals surface area contributed by atoms with Crippen LogP contribution in [0.1, 0.15) is 11.1 Å². The molecule has 1 aliphatic rings. The number of benzene rings is 2. The van der Waals surface area contributed by atoms with Gasteiger partial charge in [-0.25, -0.2) is 0 Å². The molecule has 0 unspecified atom stereocenters. The zero-order valence-corrected chi connectivity index (χ0v) is 14.6. The van der Waals surface area contributed by atoms with Gasteiger partial charge in [-0.3, -0.25) is 14.9 Å². The van der Waals surface area contributed by atoms with Crippen LogP contribution in [0.15, 0.2) is 42.5 Å². The molecule has 0 saturated carbocycles. The topological polar surface area (TPSA) is 72.7 Å². The Morgan fingerprint density at radius 3 is 2.88 bits per heavy atom. The van der Waals surface area contributed by atoms with Gasteiger partial charge in [0.25, 0.3) is 0 Å². The van der Waals surface area contributed by atoms with Crippen molar-refractivity contribution in [2.24, 2.45) is 0 Å². The maximum Gasteiger partial charge on any atom is 0.311 e. The third-order valence-electron chi connectivity index (χ3n) is 4.12. The van der Waals surface area contributed by atoms with Crippen LogP contribution in [0.5, 0.6) is 5.75 Å². The van der Waals surface area contributed by atoms with Gasteiger partial charge in [0.05, 0.1) is 17.8 Å². The molecule has 25 heavy (non-hydrogen) atoms. The van der Waals surface area contributed by atoms with Crippen molar-refractivity contribution >= 4 is 29.0 Å². The fourth-order valence-corrected chi connectivity index (χ4v) is 3.75. The van der Waals surface area contributed by atoms with E-state index in [0.717, 1.165) is 17.7 Å². The number of carbonyl (C=O) groups excluding carboxylic acids is 1. The normalized spacial score (nSPS) is 12.8. The summed E-state index contributed by atoms with van der Waals surface area (Å²) in [6, 6.07) is 12.8. The van der Waals surface area contributed by atoms with Gasteiger partial charge >= 0.3 is 5.69 Å². The molecule has 2 aromatic rings. The Morgan fingerprint density at radius 1 is 1.32 bits per heavy atom. The average molecular weight is 358 g/mol. The van der Waals surface area contributed by atoms with E-state index in [1.165, 1.54) is 30.5 Å². The molecule has 0 fully saturated rings. The number of hydrogen-bond donors (Lipinski definition) is 0. The molecule has 1 aliphatic heterocycles. The van der Waals surface area contributed by atoms with Gasteiger partial charge in [-0.2, -0.15) is 0 Å². The number of amides is 1. The van der Waals surface area contributed by atoms with Crippen molar-refractivity contribution < 1.29 is 14.5 Å². The van der Waals surface area contributed by atoms with Crippen LogP contribution in [0.2, 0.25) is 0 Å². The fraction of sp³-hybridized carbons (Fsp3) is 0.278. The van der Waals surface area contributed by atoms with Gasteiger partial charge in [0, 0.05) is 24.1 Å². The van der Waals surface area contributed by atoms with Crippen molar-refractivity contribution in [3.05, 3.63) is 63.7 Å². The number of methoxy groups -OCH3 is 1. The van der Waals surface area contributed by atoms with Crippen molar-refractivity contribution in [1.82, 2.24) is 0 Å². The lowest BCUT2D eigenvalue weighted by molar-refractivity contribution is -0.385. The molecule has 0 bridgehead atoms. The van der Waals surface area contributed by atoms with Crippen LogP contribution in [0.4, 0.5) is 11.4 Å². The molecule has 130 valence electrons. The minimum Gasteiger partial charge on any atom is -0.490 e. The van der Waals surface area contributed by atoms with E-state index in [2.05, 4.69) is 0 Å². The van der Waals surface area contributed by atoms with Gasteiger partial charge in [0.2, 0.25) is 5.91 Å². The van der Waals surface area contributed by atoms with Gasteiger partial charge in [0.15, 0.2) is 5.75 Å². The number of thioether (sulfide) groups is 1. The number of rotatable bonds is 6. The lowest BCUT2D eigenvalue weighted by Crippen LogP contribution is -2.30. The quantitative estimate of drug-likeness (QED) is 0.584. The highest BCUT2D eigenvalue weighted by Gasteiger charge is 2.23. The van der Waals surface area contributed by atoms with Gasteiger partial charge in [-0.15, -0.1) is 11.8 Å². The van der Waals surface area contributed by atoms with E-state index in [4.69, 9.17) is 4.74 Å². The van der Waals surface area contributed by atoms with Crippen molar-refractivity contribution in [2.75, 3.05) is 24.3 Å². The Labute approximate surface area is 149 Å². The van der Waals surface area contributed by atoms with E-state index in [9.17, 15) is 14.9 Å². The van der Waals surface area contributed by atoms with E-state index >= 15 is 0 Å². The molecule has 7 heteroatoms. The van der Waals surface area contributed by atoms with E-state index in [0.29, 0.717) is 18.1 Å². The van der Waals surface area contributed by atoms with Gasteiger partial charge in [0.1, 0.15) is 0 Å². The number of fused-ring (bicyclic) bond motifs is 1. The number of carbonyl (C=O) groups is 1. The van der Waals surface area contributed by atoms with Crippen molar-refractivity contribution in [3.63, 3.8) is 0 Å². The number of anilines is 1. The first kappa shape index (κ1) is 17.3. The molecule has 0 N–H and O–H groups in total. The summed E-state index contributed by atoms with van der Waals surface area (Å²) in [6.07, 6.45) is 0.886. The third kappa shape index (κ3) is 3.76. The minimum atomic E-state index is -0.459. The zero-order valence-electron chi connectivity index (χ0n) is 13.8. The first-order chi connectivity index (χ1) is 12.1. The first-order valence-electron chi connectivity index (χ1n) is 7.87. The highest BCUT2D eigenvalue weighted by molar-refractivity contribution is 7.99. The summed E-state index contributed by atoms with van der Waals surface area (Å²) in [7, 11) is 1.41. The Balaban J connectivity index is 1.59. The lowest BCUT2D eigenvalue weighted by Gasteiger charge is -2.17. The molecule has 0 saturated heterocycles. The Morgan fingerprint density at radius 2 is 2.12 bits per heavy atom. The lowest BCUT2D eigenvalue weighted by atomic mass is 10.2. The van der Waals surface area contributed by atoms with Crippen molar-refractivity contribution in [1.29, 1.82) is 0 Å². The summed E-state index contributed by atoms with van der Waals surface area (Å²) in [5.41, 5.74) is 2.94. The predicted octanol–water partition coefficient (Wildman–Crippen LogP) is 3.43. The van der Waals surface area contributed by atoms with Gasteiger partial charge in [-0.1, -0.05) is 24.3 Å². The molecule has 0 atom stereocenters. The number of nitro groups is 1. The van der Waals surface area contributed by atoms with E-state index in [-0.39, 0.29) is 17.3 Å². The van der Waals surface area contributed by atoms with Crippen LogP contribution < -0.4 is 9.64 Å². The predicted molar refractivity (Wildman–Crippen MR) is 98.3 cm³/mol. The minimum absolute atomic E-state index is 0.0552. The smallest absolute Gasteiger partial charge is 0.311 e. The summed E-state index contributed by atoms with van der Waals surface area (Å²) in [5.74, 6) is 1.18. The number of hydrogen-bond acceptors (Lipinski definition) is 5. The second-order valence-corrected chi connectivity index (χ2v) is 6.67. The number of nitrogens with zero attached hydrogens (tertiary/aromatic N) is 2. The highest BCUT2D eigenvalue weighted by atomic mass is 32.2. The number of nitro benzene ring substituents is 1. The first-order valence-corrected chi connectivity index (χ1v) is 9.03. The third-order valence-corrected chi connectivity index (χ3v) is 5.11. The van der Waals surface area contributed by atoms with Crippen LogP contribution in [0, 0.1) is 10.1 Å². The van der Waals surface area contributed by atoms with E-state index in [1.54, 1.807) is 12.1 Å². The van der Waals surface area contributed by atoms with Crippen molar-refractivity contribution in [2.45, 2.75) is 12.2 Å². The second-order valence-electron chi connectivity index (χ2n) is 5.68. The number of ether oxygens (including phenoxy) is 1. The van der Waals surface area contributed by atoms with Crippen LogP contribution in [-0.4, -0.2) is 30.2 Å². The maximum absolute atomic E-state index is 12.5. The standard InChI is InChI=1S/C18H18N2O4S/c1-24-17-7-6-13(10-16(17)20(22)23)11-25-12-18(21)19-9-8-14-4-2-3-5-15(14)19/h2-7,10H,8-9,11-12H2,1H3. The number of para-hydroxylation sites is 1. The van der Waals surface area contributed by atoms with Crippen LogP contribution in [0.3, 0.4) is 0 Å². The molecule has 0 aromatic heterocycles. The van der Waals surface area contributed by atoms with Crippen molar-refractivity contribution in [3.8, 4) is 5.75 Å². The Bertz CT molecular complexity index is 809. The molecule has 0 aliphatic carbocycles. The second kappa shape index (κ2) is 7.57. The highest BCUT2D eigenvalue weighted by Crippen LogP contribution is 2.30. The van der Waals surface area contributed by atoms with E-state index in [1.807, 2.05) is 29.2 Å². The molecule has 0 spiro atoms. The van der Waals surface area contributed by atoms with Crippen LogP contribution >= 0.6 is 11.8 Å². The summed E-state index contributed by atoms with van der Waals surface area (Å²) in [5, 5.41) is 11.1. The SMILES string of the molecule is COc1ccc(CSCC(=O)N2CCc3ccccc32)cc1[N+](=O)[O-]. The van der Waals surface area contributed by atoms with Gasteiger partial charge in [-0.05, 0) is 29.7 Å². The fourth-order valence-electron chi connectivity index (χ4n) is 2.90. The molecular weight excluding hydrogens is 340 g/mol. The van der Waals surface area contributed by atoms with E-state index < -0.39 is 4.92 Å². The molecule has 3 rings (SSSR count). The summed E-state index contributed by atoms with van der Waals surface area (Å²) in [6.45, 7) is 0.715. The molecule has 1 amide bonds. The molecule has 0 radical (unpaired) electrons. The molecule has 2 aromatic carbocycles. The maximum atomic E-state index is 12.5. The van der Waals surface area contributed by atoms with Gasteiger partial charge < -0.3 is 9.64 Å². The molecular formula is C18H18N2O4S. The monoisotopic (exact) mass is 358 g/mol. The summed E-state index contributed by atoms with van der Waals surface area (Å²) < 4.78 is 5.00. The Kier molecular flexibility index (Phi) is 5.23. The Hall–Kier alpha value is -2.54. The van der Waals surface area contributed by atoms with Crippen LogP contribution in [0.25, 0.3) is 0 Å². The molecule has 6 nitrogen and oxygen atoms in total. The summed E-state index contributed by atoms with van der Waals surface area (Å²) >= 11 is 1.46. The molecule has 1 heterocycles. The largest absolute Gasteiger partial charge is 0.490 e. The summed E-state index contributed by atoms with van der Waals surface area (Å²) in [4.78, 5) is 24.9.